The van der Waals surface area contributed by atoms with Gasteiger partial charge in [-0.1, -0.05) is 111 Å². The van der Waals surface area contributed by atoms with E-state index in [9.17, 15) is 18.0 Å². The summed E-state index contributed by atoms with van der Waals surface area (Å²) in [6.07, 6.45) is 3.36. The van der Waals surface area contributed by atoms with Gasteiger partial charge in [-0.25, -0.2) is 13.2 Å². The molecule has 1 amide bonds. The lowest BCUT2D eigenvalue weighted by Gasteiger charge is -2.29. The first kappa shape index (κ1) is 33.0. The highest BCUT2D eigenvalue weighted by atomic mass is 32.2. The van der Waals surface area contributed by atoms with Crippen LogP contribution in [0.3, 0.4) is 0 Å². The number of fused-ring (bicyclic) bond motifs is 1. The third-order valence-electron chi connectivity index (χ3n) is 9.07. The zero-order chi connectivity index (χ0) is 34.2. The van der Waals surface area contributed by atoms with Crippen LogP contribution in [0, 0.1) is 6.92 Å². The van der Waals surface area contributed by atoms with Crippen molar-refractivity contribution in [1.29, 1.82) is 0 Å². The van der Waals surface area contributed by atoms with Crippen LogP contribution in [-0.2, 0) is 29.8 Å². The highest BCUT2D eigenvalue weighted by molar-refractivity contribution is 7.93. The summed E-state index contributed by atoms with van der Waals surface area (Å²) in [6.45, 7) is 8.96. The molecule has 246 valence electrons. The predicted molar refractivity (Wildman–Crippen MR) is 190 cm³/mol. The minimum Gasteiger partial charge on any atom is -0.467 e. The van der Waals surface area contributed by atoms with Crippen molar-refractivity contribution in [3.8, 4) is 0 Å². The van der Waals surface area contributed by atoms with Crippen molar-refractivity contribution >= 4 is 44.4 Å². The molecular formula is C40H40N2O5S. The third kappa shape index (κ3) is 6.08. The maximum Gasteiger partial charge on any atom is 0.328 e. The van der Waals surface area contributed by atoms with Gasteiger partial charge in [0.15, 0.2) is 0 Å². The number of aryl methyl sites for hydroxylation is 1. The number of para-hydroxylation sites is 1. The lowest BCUT2D eigenvalue weighted by molar-refractivity contribution is -0.144. The van der Waals surface area contributed by atoms with Crippen LogP contribution in [0.15, 0.2) is 114 Å². The van der Waals surface area contributed by atoms with Crippen LogP contribution >= 0.6 is 0 Å². The van der Waals surface area contributed by atoms with Gasteiger partial charge in [-0.15, -0.1) is 0 Å². The molecule has 0 bridgehead atoms. The Hall–Kier alpha value is -4.95. The van der Waals surface area contributed by atoms with Crippen molar-refractivity contribution < 1.29 is 22.7 Å². The second kappa shape index (κ2) is 12.9. The average Bonchev–Trinajstić information content (AvgIpc) is 3.68. The molecule has 6 rings (SSSR count). The molecule has 0 aliphatic carbocycles. The Morgan fingerprint density at radius 3 is 2.15 bits per heavy atom. The maximum atomic E-state index is 14.6. The van der Waals surface area contributed by atoms with Crippen LogP contribution in [0.4, 0.5) is 5.69 Å². The molecule has 1 atom stereocenters. The van der Waals surface area contributed by atoms with Crippen LogP contribution in [0.2, 0.25) is 0 Å². The standard InChI is InChI=1S/C40H40N2O5S/c1-27-17-23-31(24-18-27)48(45,46)42-34-15-10-9-14-32(34)37(38(42)43)33(28-12-7-6-8-13-28)26-36(41-25-11-16-35(41)39(44)47-5)29-19-21-30(22-20-29)40(2,3)4/h6-10,12-15,17-24,26,35H,11,16,25H2,1-5H3/b36-26+,37-33+/t35-/m0/s1. The van der Waals surface area contributed by atoms with Crippen molar-refractivity contribution in [2.45, 2.75) is 56.9 Å². The summed E-state index contributed by atoms with van der Waals surface area (Å²) < 4.78 is 34.4. The van der Waals surface area contributed by atoms with E-state index in [4.69, 9.17) is 4.74 Å². The summed E-state index contributed by atoms with van der Waals surface area (Å²) in [7, 11) is -2.85. The van der Waals surface area contributed by atoms with Gasteiger partial charge in [0.05, 0.1) is 23.3 Å². The van der Waals surface area contributed by atoms with Crippen molar-refractivity contribution in [2.24, 2.45) is 0 Å². The fraction of sp³-hybridized carbons (Fsp3) is 0.250. The van der Waals surface area contributed by atoms with Gasteiger partial charge in [0.25, 0.3) is 15.9 Å². The SMILES string of the molecule is COC(=O)[C@@H]1CCCN1/C(=C/C(=C1\C(=O)N(S(=O)(=O)c2ccc(C)cc2)c2ccccc21)c1ccccc1)c1ccc(C(C)(C)C)cc1. The summed E-state index contributed by atoms with van der Waals surface area (Å²) in [6, 6.07) is 30.8. The van der Waals surface area contributed by atoms with E-state index in [2.05, 4.69) is 32.9 Å². The lowest BCUT2D eigenvalue weighted by Crippen LogP contribution is -2.35. The molecule has 48 heavy (non-hydrogen) atoms. The van der Waals surface area contributed by atoms with Gasteiger partial charge in [-0.3, -0.25) is 4.79 Å². The number of methoxy groups -OCH3 is 1. The van der Waals surface area contributed by atoms with E-state index in [1.807, 2.05) is 60.4 Å². The molecular weight excluding hydrogens is 621 g/mol. The summed E-state index contributed by atoms with van der Waals surface area (Å²) in [4.78, 5) is 29.8. The molecule has 0 spiro atoms. The summed E-state index contributed by atoms with van der Waals surface area (Å²) in [5.74, 6) is -0.962. The molecule has 4 aromatic rings. The van der Waals surface area contributed by atoms with E-state index in [1.165, 1.54) is 19.2 Å². The molecule has 7 nitrogen and oxygen atoms in total. The zero-order valence-corrected chi connectivity index (χ0v) is 28.8. The van der Waals surface area contributed by atoms with E-state index in [-0.39, 0.29) is 21.9 Å². The van der Waals surface area contributed by atoms with E-state index in [0.29, 0.717) is 29.8 Å². The Morgan fingerprint density at radius 1 is 0.854 bits per heavy atom. The summed E-state index contributed by atoms with van der Waals surface area (Å²) in [5.41, 5.74) is 6.01. The topological polar surface area (TPSA) is 84.0 Å². The first-order chi connectivity index (χ1) is 22.9. The number of ether oxygens (including phenoxy) is 1. The van der Waals surface area contributed by atoms with Crippen LogP contribution in [-0.4, -0.2) is 44.9 Å². The third-order valence-corrected chi connectivity index (χ3v) is 10.8. The quantitative estimate of drug-likeness (QED) is 0.150. The average molecular weight is 661 g/mol. The van der Waals surface area contributed by atoms with Gasteiger partial charge >= 0.3 is 5.97 Å². The number of allylic oxidation sites excluding steroid dienone is 2. The molecule has 0 N–H and O–H groups in total. The largest absolute Gasteiger partial charge is 0.467 e. The Balaban J connectivity index is 1.62. The second-order valence-corrected chi connectivity index (χ2v) is 15.1. The fourth-order valence-corrected chi connectivity index (χ4v) is 7.88. The summed E-state index contributed by atoms with van der Waals surface area (Å²) >= 11 is 0. The van der Waals surface area contributed by atoms with Crippen LogP contribution in [0.25, 0.3) is 16.8 Å². The Kier molecular flexibility index (Phi) is 8.88. The number of nitrogens with zero attached hydrogens (tertiary/aromatic N) is 2. The van der Waals surface area contributed by atoms with Gasteiger partial charge in [0, 0.05) is 17.8 Å². The number of esters is 1. The molecule has 2 aliphatic heterocycles. The zero-order valence-electron chi connectivity index (χ0n) is 27.9. The highest BCUT2D eigenvalue weighted by Gasteiger charge is 2.42. The van der Waals surface area contributed by atoms with Gasteiger partial charge in [-0.05, 0) is 71.7 Å². The van der Waals surface area contributed by atoms with Crippen LogP contribution in [0.1, 0.15) is 61.4 Å². The van der Waals surface area contributed by atoms with E-state index < -0.39 is 22.0 Å². The number of carbonyl (C=O) groups is 2. The van der Waals surface area contributed by atoms with Gasteiger partial charge < -0.3 is 9.64 Å². The number of likely N-dealkylation sites (tertiary alicyclic amines) is 1. The first-order valence-electron chi connectivity index (χ1n) is 16.1. The molecule has 0 saturated carbocycles. The minimum atomic E-state index is -4.25. The smallest absolute Gasteiger partial charge is 0.328 e. The fourth-order valence-electron chi connectivity index (χ4n) is 6.47. The molecule has 1 saturated heterocycles. The van der Waals surface area contributed by atoms with E-state index >= 15 is 0 Å². The van der Waals surface area contributed by atoms with Gasteiger partial charge in [-0.2, -0.15) is 4.31 Å². The van der Waals surface area contributed by atoms with Gasteiger partial charge in [0.1, 0.15) is 6.04 Å². The number of benzene rings is 4. The molecule has 2 aliphatic rings. The number of amides is 1. The lowest BCUT2D eigenvalue weighted by atomic mass is 9.86. The predicted octanol–water partition coefficient (Wildman–Crippen LogP) is 7.62. The maximum absolute atomic E-state index is 14.6. The van der Waals surface area contributed by atoms with Crippen molar-refractivity contribution in [3.05, 3.63) is 137 Å². The molecule has 0 aromatic heterocycles. The Bertz CT molecular complexity index is 2020. The summed E-state index contributed by atoms with van der Waals surface area (Å²) in [5, 5.41) is 0. The molecule has 0 radical (unpaired) electrons. The minimum absolute atomic E-state index is 0.0342. The number of anilines is 1. The number of carbonyl (C=O) groups excluding carboxylic acids is 2. The van der Waals surface area contributed by atoms with E-state index in [1.54, 1.807) is 36.4 Å². The van der Waals surface area contributed by atoms with Gasteiger partial charge in [0.2, 0.25) is 0 Å². The number of sulfonamides is 1. The molecule has 1 fully saturated rings. The molecule has 4 aromatic carbocycles. The second-order valence-electron chi connectivity index (χ2n) is 13.3. The number of rotatable bonds is 7. The van der Waals surface area contributed by atoms with Crippen LogP contribution < -0.4 is 4.31 Å². The molecule has 8 heteroatoms. The highest BCUT2D eigenvalue weighted by Crippen LogP contribution is 2.45. The number of hydrogen-bond donors (Lipinski definition) is 0. The van der Waals surface area contributed by atoms with Crippen LogP contribution in [0.5, 0.6) is 0 Å². The Morgan fingerprint density at radius 2 is 1.50 bits per heavy atom. The van der Waals surface area contributed by atoms with Crippen molar-refractivity contribution in [1.82, 2.24) is 4.90 Å². The van der Waals surface area contributed by atoms with E-state index in [0.717, 1.165) is 38.7 Å². The molecule has 2 heterocycles. The first-order valence-corrected chi connectivity index (χ1v) is 17.6. The van der Waals surface area contributed by atoms with Crippen molar-refractivity contribution in [3.63, 3.8) is 0 Å². The van der Waals surface area contributed by atoms with Crippen molar-refractivity contribution in [2.75, 3.05) is 18.0 Å². The normalized spacial score (nSPS) is 17.8. The number of hydrogen-bond acceptors (Lipinski definition) is 6. The monoisotopic (exact) mass is 660 g/mol. The molecule has 0 unspecified atom stereocenters. The Labute approximate surface area is 283 Å².